The predicted molar refractivity (Wildman–Crippen MR) is 102 cm³/mol. The van der Waals surface area contributed by atoms with E-state index < -0.39 is 6.04 Å². The van der Waals surface area contributed by atoms with Crippen molar-refractivity contribution in [2.24, 2.45) is 5.92 Å². The minimum Gasteiger partial charge on any atom is -0.345 e. The van der Waals surface area contributed by atoms with Gasteiger partial charge in [0.1, 0.15) is 12.6 Å². The molecule has 0 radical (unpaired) electrons. The number of hydrogen-bond acceptors (Lipinski definition) is 3. The molecule has 0 aliphatic rings. The van der Waals surface area contributed by atoms with Crippen LogP contribution >= 0.6 is 0 Å². The van der Waals surface area contributed by atoms with Crippen LogP contribution in [0, 0.1) is 17.2 Å². The Morgan fingerprint density at radius 3 is 2.54 bits per heavy atom. The molecular weight excluding hydrogens is 328 g/mol. The first-order valence-electron chi connectivity index (χ1n) is 8.89. The highest BCUT2D eigenvalue weighted by Gasteiger charge is 2.22. The molecule has 1 heterocycles. The number of nitrogens with zero attached hydrogens (tertiary/aromatic N) is 2. The molecular formula is C20H26N4O2. The molecule has 0 spiro atoms. The first-order valence-corrected chi connectivity index (χ1v) is 8.89. The van der Waals surface area contributed by atoms with E-state index >= 15 is 0 Å². The van der Waals surface area contributed by atoms with E-state index in [1.165, 1.54) is 0 Å². The zero-order valence-corrected chi connectivity index (χ0v) is 15.7. The van der Waals surface area contributed by atoms with Gasteiger partial charge >= 0.3 is 0 Å². The maximum atomic E-state index is 12.6. The Hall–Kier alpha value is -2.81. The molecule has 0 bridgehead atoms. The minimum absolute atomic E-state index is 0.0715. The van der Waals surface area contributed by atoms with E-state index in [-0.39, 0.29) is 24.3 Å². The molecule has 138 valence electrons. The molecule has 26 heavy (non-hydrogen) atoms. The molecule has 0 aliphatic carbocycles. The fourth-order valence-electron chi connectivity index (χ4n) is 2.95. The average molecular weight is 354 g/mol. The lowest BCUT2D eigenvalue weighted by Crippen LogP contribution is -2.47. The van der Waals surface area contributed by atoms with Gasteiger partial charge in [-0.1, -0.05) is 13.8 Å². The number of carbonyl (C=O) groups is 2. The lowest BCUT2D eigenvalue weighted by molar-refractivity contribution is -0.123. The van der Waals surface area contributed by atoms with E-state index in [1.807, 2.05) is 44.3 Å². The number of rotatable bonds is 7. The zero-order chi connectivity index (χ0) is 19.3. The van der Waals surface area contributed by atoms with Crippen molar-refractivity contribution in [3.63, 3.8) is 0 Å². The third-order valence-corrected chi connectivity index (χ3v) is 4.21. The smallest absolute Gasteiger partial charge is 0.251 e. The number of benzene rings is 1. The van der Waals surface area contributed by atoms with E-state index in [9.17, 15) is 9.59 Å². The van der Waals surface area contributed by atoms with E-state index in [2.05, 4.69) is 29.0 Å². The van der Waals surface area contributed by atoms with Crippen LogP contribution in [-0.2, 0) is 4.79 Å². The molecule has 2 amide bonds. The molecule has 2 N–H and O–H groups in total. The van der Waals surface area contributed by atoms with E-state index in [0.717, 1.165) is 10.9 Å². The quantitative estimate of drug-likeness (QED) is 0.749. The van der Waals surface area contributed by atoms with Crippen molar-refractivity contribution in [2.45, 2.75) is 46.2 Å². The van der Waals surface area contributed by atoms with Crippen LogP contribution in [0.3, 0.4) is 0 Å². The molecule has 6 nitrogen and oxygen atoms in total. The van der Waals surface area contributed by atoms with Crippen molar-refractivity contribution in [3.05, 3.63) is 36.0 Å². The molecule has 1 unspecified atom stereocenters. The van der Waals surface area contributed by atoms with Crippen LogP contribution in [0.5, 0.6) is 0 Å². The number of aromatic nitrogens is 1. The van der Waals surface area contributed by atoms with Gasteiger partial charge in [-0.25, -0.2) is 0 Å². The second kappa shape index (κ2) is 8.52. The van der Waals surface area contributed by atoms with Crippen LogP contribution in [0.2, 0.25) is 0 Å². The van der Waals surface area contributed by atoms with E-state index in [4.69, 9.17) is 5.26 Å². The van der Waals surface area contributed by atoms with Crippen molar-refractivity contribution in [1.29, 1.82) is 5.26 Å². The highest BCUT2D eigenvalue weighted by molar-refractivity contribution is 6.00. The van der Waals surface area contributed by atoms with Crippen molar-refractivity contribution in [3.8, 4) is 6.07 Å². The molecule has 2 aromatic rings. The van der Waals surface area contributed by atoms with Crippen molar-refractivity contribution in [1.82, 2.24) is 15.2 Å². The standard InChI is InChI=1S/C20H26N4O2/c1-13(2)11-17(20(26)22-9-8-21)23-19(25)16-5-6-18-15(12-16)7-10-24(18)14(3)4/h5-7,10,12-14,17H,9,11H2,1-4H3,(H,22,26)(H,23,25). The van der Waals surface area contributed by atoms with Gasteiger partial charge in [-0.2, -0.15) is 5.26 Å². The lowest BCUT2D eigenvalue weighted by atomic mass is 10.0. The van der Waals surface area contributed by atoms with Gasteiger partial charge in [0.2, 0.25) is 5.91 Å². The summed E-state index contributed by atoms with van der Waals surface area (Å²) in [5, 5.41) is 14.9. The molecule has 0 saturated carbocycles. The number of carbonyl (C=O) groups excluding carboxylic acids is 2. The van der Waals surface area contributed by atoms with Crippen LogP contribution in [0.25, 0.3) is 10.9 Å². The molecule has 0 fully saturated rings. The van der Waals surface area contributed by atoms with Crippen LogP contribution in [0.15, 0.2) is 30.5 Å². The summed E-state index contributed by atoms with van der Waals surface area (Å²) in [7, 11) is 0. The molecule has 1 aromatic heterocycles. The molecule has 6 heteroatoms. The van der Waals surface area contributed by atoms with Crippen LogP contribution < -0.4 is 10.6 Å². The molecule has 0 aliphatic heterocycles. The number of nitrogens with one attached hydrogen (secondary N) is 2. The SMILES string of the molecule is CC(C)CC(NC(=O)c1ccc2c(ccn2C(C)C)c1)C(=O)NCC#N. The first-order chi connectivity index (χ1) is 12.3. The number of fused-ring (bicyclic) bond motifs is 1. The summed E-state index contributed by atoms with van der Waals surface area (Å²) in [5.74, 6) is -0.390. The van der Waals surface area contributed by atoms with Crippen molar-refractivity contribution >= 4 is 22.7 Å². The predicted octanol–water partition coefficient (Wildman–Crippen LogP) is 3.01. The molecule has 2 rings (SSSR count). The summed E-state index contributed by atoms with van der Waals surface area (Å²) in [5.41, 5.74) is 1.59. The topological polar surface area (TPSA) is 86.9 Å². The van der Waals surface area contributed by atoms with Gasteiger partial charge in [-0.15, -0.1) is 0 Å². The monoisotopic (exact) mass is 354 g/mol. The highest BCUT2D eigenvalue weighted by atomic mass is 16.2. The third-order valence-electron chi connectivity index (χ3n) is 4.21. The molecule has 1 aromatic carbocycles. The van der Waals surface area contributed by atoms with E-state index in [0.29, 0.717) is 18.0 Å². The Morgan fingerprint density at radius 1 is 1.19 bits per heavy atom. The normalized spacial score (nSPS) is 12.2. The van der Waals surface area contributed by atoms with Crippen LogP contribution in [-0.4, -0.2) is 29.0 Å². The van der Waals surface area contributed by atoms with Crippen LogP contribution in [0.4, 0.5) is 0 Å². The Labute approximate surface area is 154 Å². The van der Waals surface area contributed by atoms with Crippen LogP contribution in [0.1, 0.15) is 50.5 Å². The molecule has 1 atom stereocenters. The zero-order valence-electron chi connectivity index (χ0n) is 15.7. The summed E-state index contributed by atoms with van der Waals surface area (Å²) >= 11 is 0. The summed E-state index contributed by atoms with van der Waals surface area (Å²) < 4.78 is 2.15. The van der Waals surface area contributed by atoms with Gasteiger partial charge < -0.3 is 15.2 Å². The van der Waals surface area contributed by atoms with Gasteiger partial charge in [-0.3, -0.25) is 9.59 Å². The van der Waals surface area contributed by atoms with Gasteiger partial charge in [0.25, 0.3) is 5.91 Å². The number of hydrogen-bond donors (Lipinski definition) is 2. The van der Waals surface area contributed by atoms with Gasteiger partial charge in [0, 0.05) is 28.7 Å². The second-order valence-corrected chi connectivity index (χ2v) is 7.12. The van der Waals surface area contributed by atoms with E-state index in [1.54, 1.807) is 6.07 Å². The summed E-state index contributed by atoms with van der Waals surface area (Å²) in [6.07, 6.45) is 2.52. The summed E-state index contributed by atoms with van der Waals surface area (Å²) in [6, 6.07) is 9.08. The maximum absolute atomic E-state index is 12.6. The third kappa shape index (κ3) is 4.63. The Morgan fingerprint density at radius 2 is 1.92 bits per heavy atom. The Balaban J connectivity index is 2.19. The van der Waals surface area contributed by atoms with Gasteiger partial charge in [0.05, 0.1) is 6.07 Å². The van der Waals surface area contributed by atoms with Gasteiger partial charge in [-0.05, 0) is 50.5 Å². The first kappa shape index (κ1) is 19.5. The van der Waals surface area contributed by atoms with Crippen molar-refractivity contribution < 1.29 is 9.59 Å². The molecule has 0 saturated heterocycles. The fourth-order valence-corrected chi connectivity index (χ4v) is 2.95. The average Bonchev–Trinajstić information content (AvgIpc) is 3.01. The van der Waals surface area contributed by atoms with Crippen molar-refractivity contribution in [2.75, 3.05) is 6.54 Å². The van der Waals surface area contributed by atoms with Gasteiger partial charge in [0.15, 0.2) is 0 Å². The Bertz CT molecular complexity index is 830. The summed E-state index contributed by atoms with van der Waals surface area (Å²) in [4.78, 5) is 24.9. The second-order valence-electron chi connectivity index (χ2n) is 7.12. The number of amides is 2. The fraction of sp³-hybridized carbons (Fsp3) is 0.450. The lowest BCUT2D eigenvalue weighted by Gasteiger charge is -2.19. The highest BCUT2D eigenvalue weighted by Crippen LogP contribution is 2.21. The summed E-state index contributed by atoms with van der Waals surface area (Å²) in [6.45, 7) is 8.11. The minimum atomic E-state index is -0.660. The Kier molecular flexibility index (Phi) is 6.40. The number of nitriles is 1. The maximum Gasteiger partial charge on any atom is 0.251 e. The largest absolute Gasteiger partial charge is 0.345 e.